The molecule has 0 unspecified atom stereocenters. The second kappa shape index (κ2) is 6.76. The first-order valence-corrected chi connectivity index (χ1v) is 9.12. The molecule has 142 valence electrons. The smallest absolute Gasteiger partial charge is 0.245 e. The van der Waals surface area contributed by atoms with E-state index < -0.39 is 5.41 Å². The zero-order valence-electron chi connectivity index (χ0n) is 15.4. The normalized spacial score (nSPS) is 14.8. The molecule has 28 heavy (non-hydrogen) atoms. The number of carbonyl (C=O) groups excluding carboxylic acids is 2. The number of H-pyrrole nitrogens is 1. The summed E-state index contributed by atoms with van der Waals surface area (Å²) in [4.78, 5) is 30.9. The quantitative estimate of drug-likeness (QED) is 0.708. The summed E-state index contributed by atoms with van der Waals surface area (Å²) in [5.41, 5.74) is 2.45. The Hall–Kier alpha value is -3.19. The maximum absolute atomic E-state index is 12.8. The van der Waals surface area contributed by atoms with Gasteiger partial charge in [0.1, 0.15) is 6.54 Å². The number of nitrogens with one attached hydrogen (secondary N) is 2. The Morgan fingerprint density at radius 3 is 2.71 bits per heavy atom. The number of hydrogen-bond acceptors (Lipinski definition) is 4. The third-order valence-electron chi connectivity index (χ3n) is 4.84. The van der Waals surface area contributed by atoms with Crippen LogP contribution in [0, 0.1) is 0 Å². The number of halogens is 1. The van der Waals surface area contributed by atoms with Crippen LogP contribution < -0.4 is 10.2 Å². The number of aromatic amines is 1. The van der Waals surface area contributed by atoms with Crippen LogP contribution in [0.25, 0.3) is 11.3 Å². The lowest BCUT2D eigenvalue weighted by Crippen LogP contribution is -2.40. The molecular formula is C20H18ClN5O2. The molecule has 3 heterocycles. The fourth-order valence-electron chi connectivity index (χ4n) is 3.35. The Morgan fingerprint density at radius 1 is 1.21 bits per heavy atom. The van der Waals surface area contributed by atoms with E-state index in [0.717, 1.165) is 16.8 Å². The summed E-state index contributed by atoms with van der Waals surface area (Å²) < 4.78 is 0. The highest BCUT2D eigenvalue weighted by Crippen LogP contribution is 2.42. The van der Waals surface area contributed by atoms with E-state index in [9.17, 15) is 9.59 Å². The number of aromatic nitrogens is 3. The highest BCUT2D eigenvalue weighted by Gasteiger charge is 2.44. The van der Waals surface area contributed by atoms with Crippen LogP contribution in [0.15, 0.2) is 48.8 Å². The van der Waals surface area contributed by atoms with Gasteiger partial charge in [0.15, 0.2) is 5.82 Å². The summed E-state index contributed by atoms with van der Waals surface area (Å²) in [7, 11) is 0. The number of rotatable bonds is 4. The number of fused-ring (bicyclic) bond motifs is 1. The molecule has 0 radical (unpaired) electrons. The minimum absolute atomic E-state index is 0.103. The van der Waals surface area contributed by atoms with Crippen LogP contribution in [0.1, 0.15) is 19.4 Å². The van der Waals surface area contributed by atoms with Gasteiger partial charge in [0, 0.05) is 34.7 Å². The minimum atomic E-state index is -0.735. The number of amides is 2. The lowest BCUT2D eigenvalue weighted by molar-refractivity contribution is -0.124. The predicted molar refractivity (Wildman–Crippen MR) is 107 cm³/mol. The molecule has 2 N–H and O–H groups in total. The standard InChI is InChI=1S/C20H18ClN5O2/c1-20(2)14-9-13(21)3-4-16(14)26(19(20)28)11-18(27)23-17-10-15(24-25-17)12-5-7-22-8-6-12/h3-10H,11H2,1-2H3,(H2,23,24,25,27). The third-order valence-corrected chi connectivity index (χ3v) is 5.08. The second-order valence-corrected chi connectivity index (χ2v) is 7.57. The van der Waals surface area contributed by atoms with Crippen LogP contribution in [-0.2, 0) is 15.0 Å². The topological polar surface area (TPSA) is 91.0 Å². The number of anilines is 2. The van der Waals surface area contributed by atoms with Crippen molar-refractivity contribution in [3.63, 3.8) is 0 Å². The number of benzene rings is 1. The van der Waals surface area contributed by atoms with Crippen molar-refractivity contribution >= 4 is 34.9 Å². The second-order valence-electron chi connectivity index (χ2n) is 7.13. The van der Waals surface area contributed by atoms with Gasteiger partial charge in [0.25, 0.3) is 0 Å². The van der Waals surface area contributed by atoms with Crippen molar-refractivity contribution in [1.29, 1.82) is 0 Å². The van der Waals surface area contributed by atoms with Crippen LogP contribution in [0.3, 0.4) is 0 Å². The van der Waals surface area contributed by atoms with Gasteiger partial charge in [-0.05, 0) is 49.7 Å². The Bertz CT molecular complexity index is 1060. The summed E-state index contributed by atoms with van der Waals surface area (Å²) in [5, 5.41) is 10.3. The summed E-state index contributed by atoms with van der Waals surface area (Å²) in [6, 6.07) is 10.7. The molecule has 0 aliphatic carbocycles. The molecule has 0 saturated heterocycles. The lowest BCUT2D eigenvalue weighted by atomic mass is 9.86. The van der Waals surface area contributed by atoms with E-state index in [1.807, 2.05) is 26.0 Å². The fourth-order valence-corrected chi connectivity index (χ4v) is 3.53. The molecule has 2 aromatic heterocycles. The van der Waals surface area contributed by atoms with Gasteiger partial charge in [0.2, 0.25) is 11.8 Å². The van der Waals surface area contributed by atoms with E-state index >= 15 is 0 Å². The average Bonchev–Trinajstić information content (AvgIpc) is 3.20. The van der Waals surface area contributed by atoms with Crippen LogP contribution in [-0.4, -0.2) is 33.5 Å². The molecule has 0 atom stereocenters. The van der Waals surface area contributed by atoms with E-state index in [1.54, 1.807) is 36.7 Å². The fraction of sp³-hybridized carbons (Fsp3) is 0.200. The molecule has 1 aliphatic heterocycles. The van der Waals surface area contributed by atoms with Crippen molar-refractivity contribution in [2.45, 2.75) is 19.3 Å². The van der Waals surface area contributed by atoms with E-state index in [4.69, 9.17) is 11.6 Å². The minimum Gasteiger partial charge on any atom is -0.308 e. The van der Waals surface area contributed by atoms with E-state index in [0.29, 0.717) is 16.5 Å². The zero-order chi connectivity index (χ0) is 19.9. The number of pyridine rings is 1. The molecule has 7 nitrogen and oxygen atoms in total. The van der Waals surface area contributed by atoms with Crippen molar-refractivity contribution in [2.24, 2.45) is 0 Å². The molecule has 2 amide bonds. The molecule has 4 rings (SSSR count). The van der Waals surface area contributed by atoms with E-state index in [1.165, 1.54) is 4.90 Å². The molecule has 0 spiro atoms. The number of nitrogens with zero attached hydrogens (tertiary/aromatic N) is 3. The average molecular weight is 396 g/mol. The maximum atomic E-state index is 12.8. The Labute approximate surface area is 166 Å². The van der Waals surface area contributed by atoms with Gasteiger partial charge in [-0.15, -0.1) is 0 Å². The zero-order valence-corrected chi connectivity index (χ0v) is 16.1. The van der Waals surface area contributed by atoms with Gasteiger partial charge in [0.05, 0.1) is 11.1 Å². The van der Waals surface area contributed by atoms with Gasteiger partial charge in [-0.2, -0.15) is 5.10 Å². The van der Waals surface area contributed by atoms with Crippen molar-refractivity contribution in [3.8, 4) is 11.3 Å². The molecule has 0 saturated carbocycles. The summed E-state index contributed by atoms with van der Waals surface area (Å²) in [6.07, 6.45) is 3.36. The molecule has 8 heteroatoms. The van der Waals surface area contributed by atoms with Crippen LogP contribution in [0.4, 0.5) is 11.5 Å². The van der Waals surface area contributed by atoms with E-state index in [2.05, 4.69) is 20.5 Å². The largest absolute Gasteiger partial charge is 0.308 e. The SMILES string of the molecule is CC1(C)C(=O)N(CC(=O)Nc2cc(-c3ccncc3)[nH]n2)c2ccc(Cl)cc21. The summed E-state index contributed by atoms with van der Waals surface area (Å²) in [6.45, 7) is 3.56. The predicted octanol–water partition coefficient (Wildman–Crippen LogP) is 3.39. The van der Waals surface area contributed by atoms with Gasteiger partial charge in [-0.1, -0.05) is 11.6 Å². The monoisotopic (exact) mass is 395 g/mol. The van der Waals surface area contributed by atoms with Gasteiger partial charge >= 0.3 is 0 Å². The van der Waals surface area contributed by atoms with Crippen LogP contribution in [0.5, 0.6) is 0 Å². The summed E-state index contributed by atoms with van der Waals surface area (Å²) >= 11 is 6.09. The molecule has 3 aromatic rings. The Morgan fingerprint density at radius 2 is 1.96 bits per heavy atom. The maximum Gasteiger partial charge on any atom is 0.245 e. The van der Waals surface area contributed by atoms with E-state index in [-0.39, 0.29) is 18.4 Å². The molecule has 0 fully saturated rings. The first-order valence-electron chi connectivity index (χ1n) is 8.74. The Balaban J connectivity index is 1.51. The lowest BCUT2D eigenvalue weighted by Gasteiger charge is -2.19. The van der Waals surface area contributed by atoms with Crippen LogP contribution in [0.2, 0.25) is 5.02 Å². The van der Waals surface area contributed by atoms with Crippen LogP contribution >= 0.6 is 11.6 Å². The molecule has 1 aromatic carbocycles. The summed E-state index contributed by atoms with van der Waals surface area (Å²) in [5.74, 6) is -0.0850. The third kappa shape index (κ3) is 3.14. The van der Waals surface area contributed by atoms with Crippen molar-refractivity contribution in [1.82, 2.24) is 15.2 Å². The molecule has 0 bridgehead atoms. The highest BCUT2D eigenvalue weighted by molar-refractivity contribution is 6.31. The first-order chi connectivity index (χ1) is 13.4. The first kappa shape index (κ1) is 18.2. The van der Waals surface area contributed by atoms with Gasteiger partial charge in [-0.25, -0.2) is 0 Å². The van der Waals surface area contributed by atoms with Crippen molar-refractivity contribution < 1.29 is 9.59 Å². The molecule has 1 aliphatic rings. The highest BCUT2D eigenvalue weighted by atomic mass is 35.5. The number of hydrogen-bond donors (Lipinski definition) is 2. The molecular weight excluding hydrogens is 378 g/mol. The van der Waals surface area contributed by atoms with Gasteiger partial charge in [-0.3, -0.25) is 19.7 Å². The van der Waals surface area contributed by atoms with Crippen molar-refractivity contribution in [2.75, 3.05) is 16.8 Å². The van der Waals surface area contributed by atoms with Gasteiger partial charge < -0.3 is 10.2 Å². The number of carbonyl (C=O) groups is 2. The Kier molecular flexibility index (Phi) is 4.39. The van der Waals surface area contributed by atoms with Crippen molar-refractivity contribution in [3.05, 3.63) is 59.4 Å².